The molecule has 0 fully saturated rings. The number of nitrogens with zero attached hydrogens (tertiary/aromatic N) is 4. The van der Waals surface area contributed by atoms with Gasteiger partial charge in [0.15, 0.2) is 6.29 Å². The number of aromatic nitrogens is 3. The van der Waals surface area contributed by atoms with Gasteiger partial charge in [-0.25, -0.2) is 4.68 Å². The highest BCUT2D eigenvalue weighted by molar-refractivity contribution is 7.16. The van der Waals surface area contributed by atoms with Crippen LogP contribution in [0.4, 0.5) is 0 Å². The number of likely N-dealkylation sites (N-methyl/N-ethyl adjacent to an activating group) is 1. The zero-order valence-corrected chi connectivity index (χ0v) is 11.7. The van der Waals surface area contributed by atoms with Gasteiger partial charge in [-0.05, 0) is 12.1 Å². The van der Waals surface area contributed by atoms with E-state index in [1.807, 2.05) is 6.07 Å². The van der Waals surface area contributed by atoms with E-state index in [1.165, 1.54) is 22.2 Å². The maximum atomic E-state index is 11.9. The van der Waals surface area contributed by atoms with Crippen molar-refractivity contribution in [2.75, 3.05) is 7.05 Å². The van der Waals surface area contributed by atoms with Crippen LogP contribution in [0.25, 0.3) is 0 Å². The van der Waals surface area contributed by atoms with E-state index < -0.39 is 0 Å². The molecule has 2 rings (SSSR count). The summed E-state index contributed by atoms with van der Waals surface area (Å²) in [7, 11) is 1.70. The van der Waals surface area contributed by atoms with Crippen LogP contribution in [0, 0.1) is 0 Å². The Labute approximate surface area is 118 Å². The van der Waals surface area contributed by atoms with Crippen LogP contribution in [0.15, 0.2) is 18.3 Å². The largest absolute Gasteiger partial charge is 0.339 e. The summed E-state index contributed by atoms with van der Waals surface area (Å²) >= 11 is 7.27. The molecule has 0 atom stereocenters. The number of halogens is 1. The standard InChI is InChI=1S/C11H11ClN4O2S/c1-15(5-9-2-3-10(12)19-9)11(18)6-16-4-8(7-17)13-14-16/h2-4,7H,5-6H2,1H3. The molecule has 6 nitrogen and oxygen atoms in total. The minimum atomic E-state index is -0.119. The van der Waals surface area contributed by atoms with Crippen LogP contribution in [-0.4, -0.2) is 39.1 Å². The van der Waals surface area contributed by atoms with Crippen LogP contribution in [0.5, 0.6) is 0 Å². The minimum absolute atomic E-state index is 0.0520. The van der Waals surface area contributed by atoms with E-state index in [9.17, 15) is 9.59 Å². The topological polar surface area (TPSA) is 68.1 Å². The Hall–Kier alpha value is -1.73. The van der Waals surface area contributed by atoms with Crippen molar-refractivity contribution in [3.05, 3.63) is 33.2 Å². The zero-order chi connectivity index (χ0) is 13.8. The molecule has 0 N–H and O–H groups in total. The average molecular weight is 299 g/mol. The molecule has 2 heterocycles. The quantitative estimate of drug-likeness (QED) is 0.784. The number of thiophene rings is 1. The van der Waals surface area contributed by atoms with Gasteiger partial charge in [0, 0.05) is 11.9 Å². The summed E-state index contributed by atoms with van der Waals surface area (Å²) in [6.45, 7) is 0.544. The molecule has 0 spiro atoms. The Morgan fingerprint density at radius 2 is 2.37 bits per heavy atom. The lowest BCUT2D eigenvalue weighted by Crippen LogP contribution is -2.29. The van der Waals surface area contributed by atoms with E-state index >= 15 is 0 Å². The molecule has 2 aromatic heterocycles. The number of hydrogen-bond donors (Lipinski definition) is 0. The van der Waals surface area contributed by atoms with E-state index in [4.69, 9.17) is 11.6 Å². The van der Waals surface area contributed by atoms with Crippen molar-refractivity contribution < 1.29 is 9.59 Å². The molecule has 0 aliphatic carbocycles. The van der Waals surface area contributed by atoms with Gasteiger partial charge in [0.05, 0.1) is 17.1 Å². The number of amides is 1. The van der Waals surface area contributed by atoms with Crippen LogP contribution < -0.4 is 0 Å². The highest BCUT2D eigenvalue weighted by Crippen LogP contribution is 2.22. The number of carbonyl (C=O) groups excluding carboxylic acids is 2. The summed E-state index contributed by atoms with van der Waals surface area (Å²) in [5, 5.41) is 7.28. The highest BCUT2D eigenvalue weighted by atomic mass is 35.5. The average Bonchev–Trinajstić information content (AvgIpc) is 2.98. The van der Waals surface area contributed by atoms with Crippen molar-refractivity contribution in [1.29, 1.82) is 0 Å². The predicted octanol–water partition coefficient (Wildman–Crippen LogP) is 1.46. The van der Waals surface area contributed by atoms with Crippen molar-refractivity contribution in [3.63, 3.8) is 0 Å². The maximum Gasteiger partial charge on any atom is 0.244 e. The Kier molecular flexibility index (Phi) is 4.28. The first-order chi connectivity index (χ1) is 9.08. The molecular formula is C11H11ClN4O2S. The Balaban J connectivity index is 1.93. The molecule has 0 aliphatic rings. The fraction of sp³-hybridized carbons (Fsp3) is 0.273. The van der Waals surface area contributed by atoms with Gasteiger partial charge >= 0.3 is 0 Å². The smallest absolute Gasteiger partial charge is 0.244 e. The molecule has 2 aromatic rings. The molecule has 19 heavy (non-hydrogen) atoms. The van der Waals surface area contributed by atoms with Gasteiger partial charge < -0.3 is 4.90 Å². The molecule has 0 unspecified atom stereocenters. The molecule has 0 bridgehead atoms. The zero-order valence-electron chi connectivity index (χ0n) is 10.1. The first kappa shape index (κ1) is 13.7. The molecule has 1 amide bonds. The Morgan fingerprint density at radius 3 is 2.95 bits per heavy atom. The van der Waals surface area contributed by atoms with Gasteiger partial charge in [-0.15, -0.1) is 16.4 Å². The van der Waals surface area contributed by atoms with Gasteiger partial charge in [0.2, 0.25) is 5.91 Å². The van der Waals surface area contributed by atoms with Crippen LogP contribution >= 0.6 is 22.9 Å². The van der Waals surface area contributed by atoms with E-state index in [1.54, 1.807) is 18.0 Å². The summed E-state index contributed by atoms with van der Waals surface area (Å²) in [6.07, 6.45) is 2.02. The first-order valence-electron chi connectivity index (χ1n) is 5.42. The normalized spacial score (nSPS) is 10.4. The summed E-state index contributed by atoms with van der Waals surface area (Å²) < 4.78 is 2.03. The second-order valence-electron chi connectivity index (χ2n) is 3.91. The van der Waals surface area contributed by atoms with Crippen molar-refractivity contribution in [2.45, 2.75) is 13.1 Å². The summed E-state index contributed by atoms with van der Waals surface area (Å²) in [5.74, 6) is -0.119. The molecule has 100 valence electrons. The summed E-state index contributed by atoms with van der Waals surface area (Å²) in [5.41, 5.74) is 0.209. The van der Waals surface area contributed by atoms with E-state index in [2.05, 4.69) is 10.3 Å². The van der Waals surface area contributed by atoms with Crippen LogP contribution in [0.3, 0.4) is 0 Å². The third kappa shape index (κ3) is 3.62. The fourth-order valence-corrected chi connectivity index (χ4v) is 2.60. The Morgan fingerprint density at radius 1 is 1.58 bits per heavy atom. The van der Waals surface area contributed by atoms with Crippen LogP contribution in [-0.2, 0) is 17.9 Å². The third-order valence-corrected chi connectivity index (χ3v) is 3.64. The van der Waals surface area contributed by atoms with Crippen molar-refractivity contribution in [3.8, 4) is 0 Å². The second kappa shape index (κ2) is 5.94. The van der Waals surface area contributed by atoms with Gasteiger partial charge in [0.25, 0.3) is 0 Å². The van der Waals surface area contributed by atoms with Crippen LogP contribution in [0.1, 0.15) is 15.4 Å². The van der Waals surface area contributed by atoms with Crippen LogP contribution in [0.2, 0.25) is 4.34 Å². The summed E-state index contributed by atoms with van der Waals surface area (Å²) in [4.78, 5) is 25.0. The van der Waals surface area contributed by atoms with Crippen molar-refractivity contribution in [1.82, 2.24) is 19.9 Å². The van der Waals surface area contributed by atoms with E-state index in [0.29, 0.717) is 17.2 Å². The monoisotopic (exact) mass is 298 g/mol. The lowest BCUT2D eigenvalue weighted by Gasteiger charge is -2.15. The van der Waals surface area contributed by atoms with E-state index in [-0.39, 0.29) is 18.1 Å². The predicted molar refractivity (Wildman–Crippen MR) is 71.2 cm³/mol. The summed E-state index contributed by atoms with van der Waals surface area (Å²) in [6, 6.07) is 3.68. The molecule has 0 radical (unpaired) electrons. The molecule has 0 aliphatic heterocycles. The highest BCUT2D eigenvalue weighted by Gasteiger charge is 2.12. The number of hydrogen-bond acceptors (Lipinski definition) is 5. The number of rotatable bonds is 5. The SMILES string of the molecule is CN(Cc1ccc(Cl)s1)C(=O)Cn1cc(C=O)nn1. The molecule has 8 heteroatoms. The molecule has 0 saturated carbocycles. The van der Waals surface area contributed by atoms with Gasteiger partial charge in [0.1, 0.15) is 12.2 Å². The maximum absolute atomic E-state index is 11.9. The van der Waals surface area contributed by atoms with Crippen molar-refractivity contribution >= 4 is 35.1 Å². The fourth-order valence-electron chi connectivity index (χ4n) is 1.46. The lowest BCUT2D eigenvalue weighted by atomic mass is 10.4. The van der Waals surface area contributed by atoms with Gasteiger partial charge in [-0.3, -0.25) is 9.59 Å². The number of aldehydes is 1. The first-order valence-corrected chi connectivity index (χ1v) is 6.61. The molecule has 0 saturated heterocycles. The molecule has 0 aromatic carbocycles. The third-order valence-electron chi connectivity index (χ3n) is 2.42. The van der Waals surface area contributed by atoms with Gasteiger partial charge in [-0.1, -0.05) is 16.8 Å². The van der Waals surface area contributed by atoms with E-state index in [0.717, 1.165) is 4.88 Å². The Bertz CT molecular complexity index is 595. The van der Waals surface area contributed by atoms with Gasteiger partial charge in [-0.2, -0.15) is 0 Å². The minimum Gasteiger partial charge on any atom is -0.339 e. The lowest BCUT2D eigenvalue weighted by molar-refractivity contribution is -0.131. The number of carbonyl (C=O) groups is 2. The van der Waals surface area contributed by atoms with Crippen molar-refractivity contribution in [2.24, 2.45) is 0 Å². The molecular weight excluding hydrogens is 288 g/mol. The second-order valence-corrected chi connectivity index (χ2v) is 5.71.